The van der Waals surface area contributed by atoms with Gasteiger partial charge in [-0.2, -0.15) is 0 Å². The molecule has 0 fully saturated rings. The van der Waals surface area contributed by atoms with Crippen molar-refractivity contribution in [2.75, 3.05) is 6.61 Å². The van der Waals surface area contributed by atoms with Crippen LogP contribution in [-0.4, -0.2) is 28.3 Å². The van der Waals surface area contributed by atoms with Gasteiger partial charge in [-0.3, -0.25) is 4.79 Å². The van der Waals surface area contributed by atoms with Crippen LogP contribution in [0.25, 0.3) is 0 Å². The quantitative estimate of drug-likeness (QED) is 0.633. The smallest absolute Gasteiger partial charge is 0.325 e. The first kappa shape index (κ1) is 16.5. The van der Waals surface area contributed by atoms with E-state index in [-0.39, 0.29) is 11.2 Å². The van der Waals surface area contributed by atoms with E-state index in [0.717, 1.165) is 9.50 Å². The van der Waals surface area contributed by atoms with E-state index in [9.17, 15) is 4.79 Å². The highest BCUT2D eigenvalue weighted by atomic mass is 79.9. The lowest BCUT2D eigenvalue weighted by molar-refractivity contribution is -0.149. The first-order chi connectivity index (χ1) is 8.85. The number of nitrogens with zero attached hydrogens (tertiary/aromatic N) is 1. The molecule has 1 aromatic rings. The van der Waals surface area contributed by atoms with Crippen LogP contribution in [0.2, 0.25) is 0 Å². The third-order valence-electron chi connectivity index (χ3n) is 2.48. The number of aromatic nitrogens is 1. The maximum atomic E-state index is 11.7. The van der Waals surface area contributed by atoms with Gasteiger partial charge in [0.15, 0.2) is 0 Å². The Morgan fingerprint density at radius 3 is 2.84 bits per heavy atom. The lowest BCUT2D eigenvalue weighted by Crippen LogP contribution is -2.47. The number of thioether (sulfide) groups is 1. The fraction of sp³-hybridized carbons (Fsp3) is 0.538. The molecule has 4 nitrogen and oxygen atoms in total. The van der Waals surface area contributed by atoms with Crippen LogP contribution in [0.5, 0.6) is 0 Å². The van der Waals surface area contributed by atoms with Crippen LogP contribution >= 0.6 is 27.7 Å². The van der Waals surface area contributed by atoms with Gasteiger partial charge in [-0.15, -0.1) is 11.8 Å². The highest BCUT2D eigenvalue weighted by Crippen LogP contribution is 2.27. The van der Waals surface area contributed by atoms with Crippen LogP contribution in [0.3, 0.4) is 0 Å². The Bertz CT molecular complexity index is 423. The van der Waals surface area contributed by atoms with Crippen molar-refractivity contribution in [1.82, 2.24) is 4.98 Å². The normalized spacial score (nSPS) is 15.6. The average Bonchev–Trinajstić information content (AvgIpc) is 2.31. The van der Waals surface area contributed by atoms with E-state index >= 15 is 0 Å². The summed E-state index contributed by atoms with van der Waals surface area (Å²) in [5.74, 6) is -0.355. The summed E-state index contributed by atoms with van der Waals surface area (Å²) >= 11 is 4.94. The van der Waals surface area contributed by atoms with Crippen molar-refractivity contribution in [3.63, 3.8) is 0 Å². The van der Waals surface area contributed by atoms with Gasteiger partial charge in [0, 0.05) is 15.9 Å². The molecule has 2 N–H and O–H groups in total. The number of hydrogen-bond donors (Lipinski definition) is 1. The predicted molar refractivity (Wildman–Crippen MR) is 81.1 cm³/mol. The molecule has 0 spiro atoms. The van der Waals surface area contributed by atoms with Gasteiger partial charge in [0.25, 0.3) is 0 Å². The van der Waals surface area contributed by atoms with Crippen molar-refractivity contribution >= 4 is 33.7 Å². The number of esters is 1. The number of nitrogens with two attached hydrogens (primary N) is 1. The molecule has 1 heterocycles. The van der Waals surface area contributed by atoms with Crippen LogP contribution in [0.4, 0.5) is 0 Å². The maximum Gasteiger partial charge on any atom is 0.325 e. The molecular formula is C13H19BrN2O2S. The zero-order chi connectivity index (χ0) is 14.5. The summed E-state index contributed by atoms with van der Waals surface area (Å²) in [4.78, 5) is 16.0. The average molecular weight is 347 g/mol. The zero-order valence-electron chi connectivity index (χ0n) is 11.4. The van der Waals surface area contributed by atoms with E-state index in [0.29, 0.717) is 13.0 Å². The maximum absolute atomic E-state index is 11.7. The van der Waals surface area contributed by atoms with Crippen molar-refractivity contribution in [3.8, 4) is 0 Å². The van der Waals surface area contributed by atoms with E-state index in [1.807, 2.05) is 19.1 Å². The molecule has 0 saturated heterocycles. The van der Waals surface area contributed by atoms with Gasteiger partial charge in [0.1, 0.15) is 5.54 Å². The molecule has 0 saturated carbocycles. The Labute approximate surface area is 126 Å². The van der Waals surface area contributed by atoms with Gasteiger partial charge >= 0.3 is 5.97 Å². The highest BCUT2D eigenvalue weighted by Gasteiger charge is 2.32. The molecule has 2 unspecified atom stereocenters. The van der Waals surface area contributed by atoms with Gasteiger partial charge in [-0.05, 0) is 48.3 Å². The molecule has 0 bridgehead atoms. The largest absolute Gasteiger partial charge is 0.465 e. The van der Waals surface area contributed by atoms with Crippen LogP contribution in [0.1, 0.15) is 27.2 Å². The standard InChI is InChI=1S/C13H19BrN2O2S/c1-4-18-12(17)13(3,15)7-9(2)19-11-6-5-10(14)8-16-11/h5-6,8-9H,4,7,15H2,1-3H3. The van der Waals surface area contributed by atoms with Crippen LogP contribution in [-0.2, 0) is 9.53 Å². The lowest BCUT2D eigenvalue weighted by atomic mass is 9.98. The molecule has 0 aliphatic carbocycles. The molecule has 6 heteroatoms. The van der Waals surface area contributed by atoms with Crippen LogP contribution in [0, 0.1) is 0 Å². The SMILES string of the molecule is CCOC(=O)C(C)(N)CC(C)Sc1ccc(Br)cn1. The number of carbonyl (C=O) groups is 1. The minimum atomic E-state index is -0.961. The highest BCUT2D eigenvalue weighted by molar-refractivity contribution is 9.10. The molecule has 19 heavy (non-hydrogen) atoms. The molecule has 0 aliphatic rings. The molecule has 1 aromatic heterocycles. The van der Waals surface area contributed by atoms with Gasteiger partial charge < -0.3 is 10.5 Å². The Kier molecular flexibility index (Phi) is 6.29. The summed E-state index contributed by atoms with van der Waals surface area (Å²) in [6.45, 7) is 5.86. The van der Waals surface area contributed by atoms with E-state index in [1.165, 1.54) is 0 Å². The number of halogens is 1. The second kappa shape index (κ2) is 7.26. The number of hydrogen-bond acceptors (Lipinski definition) is 5. The minimum Gasteiger partial charge on any atom is -0.465 e. The fourth-order valence-electron chi connectivity index (χ4n) is 1.66. The van der Waals surface area contributed by atoms with Gasteiger partial charge in [0.2, 0.25) is 0 Å². The van der Waals surface area contributed by atoms with Crippen LogP contribution < -0.4 is 5.73 Å². The first-order valence-corrected chi connectivity index (χ1v) is 7.76. The second-order valence-corrected chi connectivity index (χ2v) is 6.96. The molecule has 0 aliphatic heterocycles. The summed E-state index contributed by atoms with van der Waals surface area (Å²) in [5, 5.41) is 1.09. The summed E-state index contributed by atoms with van der Waals surface area (Å²) in [6, 6.07) is 3.87. The van der Waals surface area contributed by atoms with E-state index in [4.69, 9.17) is 10.5 Å². The molecule has 0 aromatic carbocycles. The fourth-order valence-corrected chi connectivity index (χ4v) is 2.99. The second-order valence-electron chi connectivity index (χ2n) is 4.59. The van der Waals surface area contributed by atoms with Crippen LogP contribution in [0.15, 0.2) is 27.8 Å². The molecule has 2 atom stereocenters. The lowest BCUT2D eigenvalue weighted by Gasteiger charge is -2.25. The van der Waals surface area contributed by atoms with Gasteiger partial charge in [-0.25, -0.2) is 4.98 Å². The van der Waals surface area contributed by atoms with Crippen molar-refractivity contribution in [3.05, 3.63) is 22.8 Å². The van der Waals surface area contributed by atoms with Gasteiger partial charge in [0.05, 0.1) is 11.6 Å². The Morgan fingerprint density at radius 2 is 2.32 bits per heavy atom. The Balaban J connectivity index is 2.56. The number of ether oxygens (including phenoxy) is 1. The molecule has 0 radical (unpaired) electrons. The van der Waals surface area contributed by atoms with Crippen molar-refractivity contribution in [2.45, 2.75) is 43.0 Å². The minimum absolute atomic E-state index is 0.174. The summed E-state index contributed by atoms with van der Waals surface area (Å²) in [6.07, 6.45) is 2.29. The Hall–Kier alpha value is -0.590. The molecule has 0 amide bonds. The zero-order valence-corrected chi connectivity index (χ0v) is 13.8. The van der Waals surface area contributed by atoms with Crippen molar-refractivity contribution in [2.24, 2.45) is 5.73 Å². The third kappa shape index (κ3) is 5.50. The predicted octanol–water partition coefficient (Wildman–Crippen LogP) is 3.00. The molecular weight excluding hydrogens is 328 g/mol. The topological polar surface area (TPSA) is 65.2 Å². The third-order valence-corrected chi connectivity index (χ3v) is 4.00. The number of carbonyl (C=O) groups excluding carboxylic acids is 1. The van der Waals surface area contributed by atoms with E-state index in [2.05, 4.69) is 20.9 Å². The monoisotopic (exact) mass is 346 g/mol. The summed E-state index contributed by atoms with van der Waals surface area (Å²) < 4.78 is 5.92. The number of rotatable bonds is 6. The van der Waals surface area contributed by atoms with Crippen molar-refractivity contribution < 1.29 is 9.53 Å². The van der Waals surface area contributed by atoms with Crippen molar-refractivity contribution in [1.29, 1.82) is 0 Å². The molecule has 106 valence electrons. The molecule has 1 rings (SSSR count). The summed E-state index contributed by atoms with van der Waals surface area (Å²) in [7, 11) is 0. The van der Waals surface area contributed by atoms with E-state index < -0.39 is 5.54 Å². The van der Waals surface area contributed by atoms with Gasteiger partial charge in [-0.1, -0.05) is 6.92 Å². The Morgan fingerprint density at radius 1 is 1.63 bits per heavy atom. The van der Waals surface area contributed by atoms with E-state index in [1.54, 1.807) is 31.8 Å². The summed E-state index contributed by atoms with van der Waals surface area (Å²) in [5.41, 5.74) is 5.05. The first-order valence-electron chi connectivity index (χ1n) is 6.09. The number of pyridine rings is 1.